The number of carbonyl (C=O) groups is 2. The maximum atomic E-state index is 13.2. The summed E-state index contributed by atoms with van der Waals surface area (Å²) in [7, 11) is 0. The van der Waals surface area contributed by atoms with E-state index in [1.54, 1.807) is 24.3 Å². The van der Waals surface area contributed by atoms with Crippen molar-refractivity contribution in [1.82, 2.24) is 25.3 Å². The second-order valence-electron chi connectivity index (χ2n) is 7.60. The van der Waals surface area contributed by atoms with Crippen LogP contribution in [-0.4, -0.2) is 44.4 Å². The van der Waals surface area contributed by atoms with Crippen molar-refractivity contribution in [3.63, 3.8) is 0 Å². The van der Waals surface area contributed by atoms with E-state index in [0.717, 1.165) is 19.3 Å². The van der Waals surface area contributed by atoms with Crippen LogP contribution < -0.4 is 15.4 Å². The molecular formula is C22H23FN6O3. The third kappa shape index (κ3) is 5.08. The van der Waals surface area contributed by atoms with Crippen LogP contribution in [0.4, 0.5) is 10.2 Å². The highest BCUT2D eigenvalue weighted by Crippen LogP contribution is 2.27. The van der Waals surface area contributed by atoms with Crippen molar-refractivity contribution in [3.8, 4) is 11.4 Å². The van der Waals surface area contributed by atoms with E-state index in [9.17, 15) is 14.0 Å². The average Bonchev–Trinajstić information content (AvgIpc) is 3.45. The molecule has 2 amide bonds. The van der Waals surface area contributed by atoms with Crippen LogP contribution in [0.3, 0.4) is 0 Å². The molecule has 0 bridgehead atoms. The molecular weight excluding hydrogens is 415 g/mol. The number of nitrogens with one attached hydrogen (secondary N) is 2. The minimum absolute atomic E-state index is 0.104. The molecule has 1 aliphatic rings. The van der Waals surface area contributed by atoms with E-state index < -0.39 is 0 Å². The Kier molecular flexibility index (Phi) is 6.39. The molecule has 2 heterocycles. The Labute approximate surface area is 184 Å². The van der Waals surface area contributed by atoms with Crippen LogP contribution in [0.15, 0.2) is 48.8 Å². The van der Waals surface area contributed by atoms with Gasteiger partial charge in [0.25, 0.3) is 5.91 Å². The van der Waals surface area contributed by atoms with Gasteiger partial charge in [0.2, 0.25) is 5.91 Å². The number of hydrogen-bond donors (Lipinski definition) is 2. The lowest BCUT2D eigenvalue weighted by atomic mass is 10.0. The van der Waals surface area contributed by atoms with Gasteiger partial charge in [-0.25, -0.2) is 9.37 Å². The van der Waals surface area contributed by atoms with Gasteiger partial charge in [-0.3, -0.25) is 9.59 Å². The topological polar surface area (TPSA) is 111 Å². The Hall–Kier alpha value is -3.82. The van der Waals surface area contributed by atoms with E-state index in [-0.39, 0.29) is 41.1 Å². The van der Waals surface area contributed by atoms with Crippen LogP contribution >= 0.6 is 0 Å². The van der Waals surface area contributed by atoms with Crippen molar-refractivity contribution in [2.75, 3.05) is 11.9 Å². The van der Waals surface area contributed by atoms with E-state index in [2.05, 4.69) is 25.8 Å². The lowest BCUT2D eigenvalue weighted by Crippen LogP contribution is -2.40. The number of benzene rings is 1. The second kappa shape index (κ2) is 9.54. The molecule has 10 heteroatoms. The van der Waals surface area contributed by atoms with Crippen LogP contribution in [0.5, 0.6) is 5.75 Å². The van der Waals surface area contributed by atoms with E-state index in [0.29, 0.717) is 18.0 Å². The highest BCUT2D eigenvalue weighted by Gasteiger charge is 2.31. The van der Waals surface area contributed by atoms with Gasteiger partial charge in [-0.05, 0) is 49.2 Å². The maximum Gasteiger partial charge on any atom is 0.272 e. The zero-order valence-electron chi connectivity index (χ0n) is 17.5. The standard InChI is InChI=1S/C22H23FN6O3/c1-14(30)26-20-10-9-19(29-24-11-12-25-29)21(28-20)22(31)27-18-4-2-3-15(18)13-32-17-7-5-16(23)6-8-17/h5-12,15,18H,2-4,13H2,1H3,(H,27,31)(H,26,28,30)/t15-,18+/m1/s1. The lowest BCUT2D eigenvalue weighted by Gasteiger charge is -2.22. The molecule has 1 saturated carbocycles. The highest BCUT2D eigenvalue weighted by molar-refractivity contribution is 5.97. The van der Waals surface area contributed by atoms with Crippen LogP contribution in [0.1, 0.15) is 36.7 Å². The first-order valence-electron chi connectivity index (χ1n) is 10.3. The summed E-state index contributed by atoms with van der Waals surface area (Å²) >= 11 is 0. The number of carbonyl (C=O) groups excluding carboxylic acids is 2. The number of hydrogen-bond acceptors (Lipinski definition) is 6. The first-order valence-corrected chi connectivity index (χ1v) is 10.3. The molecule has 32 heavy (non-hydrogen) atoms. The number of halogens is 1. The molecule has 0 saturated heterocycles. The molecule has 3 aromatic rings. The first-order chi connectivity index (χ1) is 15.5. The zero-order chi connectivity index (χ0) is 22.5. The van der Waals surface area contributed by atoms with Crippen molar-refractivity contribution >= 4 is 17.6 Å². The molecule has 166 valence electrons. The van der Waals surface area contributed by atoms with Crippen LogP contribution in [-0.2, 0) is 4.79 Å². The smallest absolute Gasteiger partial charge is 0.272 e. The van der Waals surface area contributed by atoms with Gasteiger partial charge < -0.3 is 15.4 Å². The monoisotopic (exact) mass is 438 g/mol. The van der Waals surface area contributed by atoms with Gasteiger partial charge in [-0.1, -0.05) is 6.42 Å². The van der Waals surface area contributed by atoms with E-state index >= 15 is 0 Å². The summed E-state index contributed by atoms with van der Waals surface area (Å²) in [6.45, 7) is 1.78. The van der Waals surface area contributed by atoms with Gasteiger partial charge in [-0.15, -0.1) is 4.80 Å². The van der Waals surface area contributed by atoms with Gasteiger partial charge in [-0.2, -0.15) is 10.2 Å². The summed E-state index contributed by atoms with van der Waals surface area (Å²) in [5.41, 5.74) is 0.510. The maximum absolute atomic E-state index is 13.2. The first kappa shape index (κ1) is 21.4. The van der Waals surface area contributed by atoms with Crippen molar-refractivity contribution in [2.45, 2.75) is 32.2 Å². The summed E-state index contributed by atoms with van der Waals surface area (Å²) in [6, 6.07) is 8.98. The Bertz CT molecular complexity index is 1090. The SMILES string of the molecule is CC(=O)Nc1ccc(-n2nccn2)c(C(=O)N[C@H]2CCC[C@@H]2COc2ccc(F)cc2)n1. The number of ether oxygens (including phenoxy) is 1. The Morgan fingerprint density at radius 2 is 1.88 bits per heavy atom. The molecule has 9 nitrogen and oxygen atoms in total. The predicted octanol–water partition coefficient (Wildman–Crippen LogP) is 2.74. The van der Waals surface area contributed by atoms with Crippen molar-refractivity contribution in [2.24, 2.45) is 5.92 Å². The number of amides is 2. The predicted molar refractivity (Wildman–Crippen MR) is 114 cm³/mol. The largest absolute Gasteiger partial charge is 0.493 e. The molecule has 0 radical (unpaired) electrons. The van der Waals surface area contributed by atoms with E-state index in [1.165, 1.54) is 36.2 Å². The summed E-state index contributed by atoms with van der Waals surface area (Å²) in [5, 5.41) is 13.8. The molecule has 0 aliphatic heterocycles. The van der Waals surface area contributed by atoms with Gasteiger partial charge in [0.1, 0.15) is 23.1 Å². The van der Waals surface area contributed by atoms with E-state index in [4.69, 9.17) is 4.74 Å². The number of aromatic nitrogens is 4. The normalized spacial score (nSPS) is 17.7. The fourth-order valence-electron chi connectivity index (χ4n) is 3.77. The molecule has 2 aromatic heterocycles. The number of pyridine rings is 1. The Morgan fingerprint density at radius 1 is 1.12 bits per heavy atom. The molecule has 2 atom stereocenters. The Morgan fingerprint density at radius 3 is 2.59 bits per heavy atom. The molecule has 4 rings (SSSR count). The number of nitrogens with zero attached hydrogens (tertiary/aromatic N) is 4. The van der Waals surface area contributed by atoms with Gasteiger partial charge >= 0.3 is 0 Å². The van der Waals surface area contributed by atoms with Gasteiger partial charge in [0.05, 0.1) is 19.0 Å². The fourth-order valence-corrected chi connectivity index (χ4v) is 3.77. The van der Waals surface area contributed by atoms with Crippen LogP contribution in [0.2, 0.25) is 0 Å². The van der Waals surface area contributed by atoms with Crippen molar-refractivity contribution in [3.05, 3.63) is 60.3 Å². The molecule has 2 N–H and O–H groups in total. The minimum Gasteiger partial charge on any atom is -0.493 e. The number of anilines is 1. The Balaban J connectivity index is 1.49. The third-order valence-corrected chi connectivity index (χ3v) is 5.28. The number of rotatable bonds is 7. The third-order valence-electron chi connectivity index (χ3n) is 5.28. The molecule has 0 spiro atoms. The van der Waals surface area contributed by atoms with Crippen molar-refractivity contribution in [1.29, 1.82) is 0 Å². The zero-order valence-corrected chi connectivity index (χ0v) is 17.5. The molecule has 1 aliphatic carbocycles. The quantitative estimate of drug-likeness (QED) is 0.587. The fraction of sp³-hybridized carbons (Fsp3) is 0.318. The van der Waals surface area contributed by atoms with E-state index in [1.807, 2.05) is 0 Å². The summed E-state index contributed by atoms with van der Waals surface area (Å²) in [6.07, 6.45) is 5.67. The lowest BCUT2D eigenvalue weighted by molar-refractivity contribution is -0.114. The summed E-state index contributed by atoms with van der Waals surface area (Å²) in [5.74, 6) is -0.0410. The highest BCUT2D eigenvalue weighted by atomic mass is 19.1. The summed E-state index contributed by atoms with van der Waals surface area (Å²) in [4.78, 5) is 30.2. The second-order valence-corrected chi connectivity index (χ2v) is 7.60. The molecule has 1 fully saturated rings. The molecule has 0 unspecified atom stereocenters. The van der Waals surface area contributed by atoms with Gasteiger partial charge in [0, 0.05) is 18.9 Å². The van der Waals surface area contributed by atoms with Gasteiger partial charge in [0.15, 0.2) is 5.69 Å². The van der Waals surface area contributed by atoms with Crippen LogP contribution in [0, 0.1) is 11.7 Å². The van der Waals surface area contributed by atoms with Crippen molar-refractivity contribution < 1.29 is 18.7 Å². The summed E-state index contributed by atoms with van der Waals surface area (Å²) < 4.78 is 18.9. The van der Waals surface area contributed by atoms with Crippen LogP contribution in [0.25, 0.3) is 5.69 Å². The molecule has 1 aromatic carbocycles. The average molecular weight is 438 g/mol. The minimum atomic E-state index is -0.386.